The Labute approximate surface area is 180 Å². The predicted octanol–water partition coefficient (Wildman–Crippen LogP) is 4.03. The number of hydrogen-bond acceptors (Lipinski definition) is 5. The van der Waals surface area contributed by atoms with E-state index in [0.29, 0.717) is 11.6 Å². The highest BCUT2D eigenvalue weighted by molar-refractivity contribution is 5.64. The van der Waals surface area contributed by atoms with E-state index in [1.165, 1.54) is 17.7 Å². The second-order valence-corrected chi connectivity index (χ2v) is 8.03. The maximum Gasteiger partial charge on any atom is 0.247 e. The number of hydrogen-bond donors (Lipinski definition) is 1. The molecular formula is C24H25FN6. The van der Waals surface area contributed by atoms with Gasteiger partial charge >= 0.3 is 0 Å². The Morgan fingerprint density at radius 1 is 0.935 bits per heavy atom. The Bertz CT molecular complexity index is 1180. The lowest BCUT2D eigenvalue weighted by Gasteiger charge is -2.32. The van der Waals surface area contributed by atoms with Gasteiger partial charge in [0.05, 0.1) is 5.69 Å². The highest BCUT2D eigenvalue weighted by Gasteiger charge is 2.14. The molecule has 0 unspecified atom stereocenters. The molecule has 2 aromatic heterocycles. The Balaban J connectivity index is 1.32. The summed E-state index contributed by atoms with van der Waals surface area (Å²) in [5.74, 6) is 0.236. The number of benzene rings is 2. The fourth-order valence-electron chi connectivity index (χ4n) is 3.91. The smallest absolute Gasteiger partial charge is 0.247 e. The molecular weight excluding hydrogens is 391 g/mol. The summed E-state index contributed by atoms with van der Waals surface area (Å²) in [6, 6.07) is 20.6. The Morgan fingerprint density at radius 2 is 1.71 bits per heavy atom. The van der Waals surface area contributed by atoms with Crippen LogP contribution < -0.4 is 5.32 Å². The van der Waals surface area contributed by atoms with E-state index in [9.17, 15) is 4.39 Å². The number of nitrogens with one attached hydrogen (secondary N) is 1. The molecule has 158 valence electrons. The Kier molecular flexibility index (Phi) is 5.36. The molecule has 31 heavy (non-hydrogen) atoms. The molecule has 7 heteroatoms. The number of piperazine rings is 1. The van der Waals surface area contributed by atoms with E-state index < -0.39 is 0 Å². The van der Waals surface area contributed by atoms with Gasteiger partial charge in [-0.25, -0.2) is 8.91 Å². The molecule has 0 bridgehead atoms. The topological polar surface area (TPSA) is 48.7 Å². The van der Waals surface area contributed by atoms with E-state index in [2.05, 4.69) is 56.5 Å². The number of rotatable bonds is 5. The third-order valence-electron chi connectivity index (χ3n) is 5.69. The van der Waals surface area contributed by atoms with E-state index in [0.717, 1.165) is 49.7 Å². The highest BCUT2D eigenvalue weighted by Crippen LogP contribution is 2.23. The first kappa shape index (κ1) is 19.7. The molecule has 1 aliphatic rings. The van der Waals surface area contributed by atoms with E-state index in [4.69, 9.17) is 0 Å². The fraction of sp³-hybridized carbons (Fsp3) is 0.250. The average molecular weight is 417 g/mol. The van der Waals surface area contributed by atoms with Crippen LogP contribution in [-0.2, 0) is 6.54 Å². The third kappa shape index (κ3) is 4.42. The van der Waals surface area contributed by atoms with Crippen LogP contribution in [0.1, 0.15) is 5.56 Å². The summed E-state index contributed by atoms with van der Waals surface area (Å²) in [6.07, 6.45) is 0. The van der Waals surface area contributed by atoms with Crippen molar-refractivity contribution in [2.24, 2.45) is 0 Å². The number of nitrogens with zero attached hydrogens (tertiary/aromatic N) is 5. The van der Waals surface area contributed by atoms with Crippen molar-refractivity contribution < 1.29 is 4.39 Å². The van der Waals surface area contributed by atoms with E-state index in [-0.39, 0.29) is 5.82 Å². The van der Waals surface area contributed by atoms with Crippen molar-refractivity contribution in [3.05, 3.63) is 78.1 Å². The molecule has 0 spiro atoms. The Hall–Kier alpha value is -3.29. The minimum Gasteiger partial charge on any atom is -0.323 e. The van der Waals surface area contributed by atoms with Crippen LogP contribution in [0.2, 0.25) is 0 Å². The van der Waals surface area contributed by atoms with Crippen molar-refractivity contribution in [3.63, 3.8) is 0 Å². The van der Waals surface area contributed by atoms with Gasteiger partial charge in [0.25, 0.3) is 0 Å². The summed E-state index contributed by atoms with van der Waals surface area (Å²) >= 11 is 0. The quantitative estimate of drug-likeness (QED) is 0.532. The van der Waals surface area contributed by atoms with Crippen LogP contribution in [0.15, 0.2) is 66.7 Å². The highest BCUT2D eigenvalue weighted by atomic mass is 19.1. The zero-order valence-electron chi connectivity index (χ0n) is 17.5. The first-order valence-electron chi connectivity index (χ1n) is 10.5. The van der Waals surface area contributed by atoms with Gasteiger partial charge in [-0.1, -0.05) is 30.3 Å². The van der Waals surface area contributed by atoms with Crippen molar-refractivity contribution in [1.29, 1.82) is 0 Å². The number of likely N-dealkylation sites (N-methyl/N-ethyl adjacent to an activating group) is 1. The molecule has 1 fully saturated rings. The SMILES string of the molecule is CN1CCN(Cc2ccc(Nc3nc4cccc(-c5cccc(F)c5)n4n3)cc2)CC1. The molecule has 2 aromatic carbocycles. The molecule has 1 N–H and O–H groups in total. The molecule has 3 heterocycles. The molecule has 6 nitrogen and oxygen atoms in total. The van der Waals surface area contributed by atoms with Gasteiger partial charge in [0.1, 0.15) is 5.82 Å². The number of anilines is 2. The summed E-state index contributed by atoms with van der Waals surface area (Å²) in [5.41, 5.74) is 4.49. The summed E-state index contributed by atoms with van der Waals surface area (Å²) in [7, 11) is 2.17. The second-order valence-electron chi connectivity index (χ2n) is 8.03. The molecule has 0 amide bonds. The van der Waals surface area contributed by atoms with E-state index >= 15 is 0 Å². The van der Waals surface area contributed by atoms with Crippen LogP contribution in [0.3, 0.4) is 0 Å². The molecule has 4 aromatic rings. The van der Waals surface area contributed by atoms with Crippen LogP contribution in [0, 0.1) is 5.82 Å². The van der Waals surface area contributed by atoms with Crippen LogP contribution >= 0.6 is 0 Å². The monoisotopic (exact) mass is 416 g/mol. The summed E-state index contributed by atoms with van der Waals surface area (Å²) in [6.45, 7) is 5.43. The molecule has 1 aliphatic heterocycles. The third-order valence-corrected chi connectivity index (χ3v) is 5.69. The van der Waals surface area contributed by atoms with Gasteiger partial charge in [-0.2, -0.15) is 4.98 Å². The average Bonchev–Trinajstić information content (AvgIpc) is 3.19. The van der Waals surface area contributed by atoms with Crippen molar-refractivity contribution in [3.8, 4) is 11.3 Å². The van der Waals surface area contributed by atoms with Crippen molar-refractivity contribution in [2.45, 2.75) is 6.54 Å². The van der Waals surface area contributed by atoms with Crippen LogP contribution in [-0.4, -0.2) is 57.6 Å². The molecule has 0 aliphatic carbocycles. The molecule has 0 radical (unpaired) electrons. The van der Waals surface area contributed by atoms with Crippen molar-refractivity contribution in [2.75, 3.05) is 38.5 Å². The normalized spacial score (nSPS) is 15.4. The van der Waals surface area contributed by atoms with Crippen molar-refractivity contribution >= 4 is 17.3 Å². The van der Waals surface area contributed by atoms with Gasteiger partial charge < -0.3 is 10.2 Å². The van der Waals surface area contributed by atoms with Crippen LogP contribution in [0.4, 0.5) is 16.0 Å². The second kappa shape index (κ2) is 8.45. The minimum atomic E-state index is -0.273. The zero-order chi connectivity index (χ0) is 21.2. The molecule has 0 saturated carbocycles. The molecule has 1 saturated heterocycles. The van der Waals surface area contributed by atoms with E-state index in [1.54, 1.807) is 10.6 Å². The van der Waals surface area contributed by atoms with Gasteiger partial charge in [0.15, 0.2) is 5.65 Å². The molecule has 5 rings (SSSR count). The summed E-state index contributed by atoms with van der Waals surface area (Å²) in [4.78, 5) is 9.43. The van der Waals surface area contributed by atoms with Crippen LogP contribution in [0.25, 0.3) is 16.9 Å². The summed E-state index contributed by atoms with van der Waals surface area (Å²) in [5, 5.41) is 7.88. The molecule has 0 atom stereocenters. The lowest BCUT2D eigenvalue weighted by molar-refractivity contribution is 0.148. The van der Waals surface area contributed by atoms with Gasteiger partial charge in [-0.05, 0) is 49.0 Å². The number of pyridine rings is 1. The standard InChI is InChI=1S/C24H25FN6/c1-29-12-14-30(15-13-29)17-18-8-10-21(11-9-18)26-24-27-23-7-3-6-22(31(23)28-24)19-4-2-5-20(25)16-19/h2-11,16H,12-15,17H2,1H3,(H,26,28). The van der Waals surface area contributed by atoms with E-state index in [1.807, 2.05) is 24.3 Å². The maximum atomic E-state index is 13.7. The maximum absolute atomic E-state index is 13.7. The largest absolute Gasteiger partial charge is 0.323 e. The lowest BCUT2D eigenvalue weighted by Crippen LogP contribution is -2.43. The lowest BCUT2D eigenvalue weighted by atomic mass is 10.1. The predicted molar refractivity (Wildman–Crippen MR) is 121 cm³/mol. The number of halogens is 1. The number of fused-ring (bicyclic) bond motifs is 1. The number of aromatic nitrogens is 3. The zero-order valence-corrected chi connectivity index (χ0v) is 17.5. The van der Waals surface area contributed by atoms with Crippen LogP contribution in [0.5, 0.6) is 0 Å². The van der Waals surface area contributed by atoms with Gasteiger partial charge in [0.2, 0.25) is 5.95 Å². The first-order chi connectivity index (χ1) is 15.1. The Morgan fingerprint density at radius 3 is 2.48 bits per heavy atom. The van der Waals surface area contributed by atoms with Gasteiger partial charge in [-0.15, -0.1) is 5.10 Å². The van der Waals surface area contributed by atoms with Gasteiger partial charge in [0, 0.05) is 44.0 Å². The fourth-order valence-corrected chi connectivity index (χ4v) is 3.91. The van der Waals surface area contributed by atoms with Gasteiger partial charge in [-0.3, -0.25) is 4.90 Å². The first-order valence-corrected chi connectivity index (χ1v) is 10.5. The van der Waals surface area contributed by atoms with Crippen molar-refractivity contribution in [1.82, 2.24) is 24.4 Å². The summed E-state index contributed by atoms with van der Waals surface area (Å²) < 4.78 is 15.4. The minimum absolute atomic E-state index is 0.273.